The Balaban J connectivity index is 1.90. The number of benzene rings is 1. The number of carboxylic acids is 1. The van der Waals surface area contributed by atoms with E-state index in [2.05, 4.69) is 19.2 Å². The second kappa shape index (κ2) is 7.29. The normalized spacial score (nSPS) is 21.5. The Morgan fingerprint density at radius 2 is 1.95 bits per heavy atom. The van der Waals surface area contributed by atoms with Crippen molar-refractivity contribution in [3.8, 4) is 0 Å². The molecule has 0 saturated carbocycles. The second-order valence-corrected chi connectivity index (χ2v) is 6.01. The van der Waals surface area contributed by atoms with Crippen LogP contribution in [0.3, 0.4) is 0 Å². The largest absolute Gasteiger partial charge is 0.478 e. The summed E-state index contributed by atoms with van der Waals surface area (Å²) in [4.78, 5) is 25.1. The Morgan fingerprint density at radius 3 is 2.55 bits per heavy atom. The fraction of sp³-hybridized carbons (Fsp3) is 0.529. The molecule has 0 aliphatic carbocycles. The van der Waals surface area contributed by atoms with Crippen LogP contribution in [0.1, 0.15) is 49.0 Å². The van der Waals surface area contributed by atoms with Gasteiger partial charge in [0.1, 0.15) is 0 Å². The summed E-state index contributed by atoms with van der Waals surface area (Å²) in [6.45, 7) is 5.49. The minimum atomic E-state index is -0.941. The Bertz CT molecular complexity index is 527. The van der Waals surface area contributed by atoms with Crippen LogP contribution in [0.15, 0.2) is 24.3 Å². The van der Waals surface area contributed by atoms with Gasteiger partial charge < -0.3 is 15.3 Å². The van der Waals surface area contributed by atoms with Gasteiger partial charge >= 0.3 is 12.0 Å². The maximum atomic E-state index is 12.3. The number of piperidine rings is 1. The Morgan fingerprint density at radius 1 is 1.27 bits per heavy atom. The van der Waals surface area contributed by atoms with E-state index in [0.29, 0.717) is 12.5 Å². The van der Waals surface area contributed by atoms with E-state index in [9.17, 15) is 9.59 Å². The third-order valence-corrected chi connectivity index (χ3v) is 4.46. The highest BCUT2D eigenvalue weighted by molar-refractivity contribution is 5.87. The fourth-order valence-corrected chi connectivity index (χ4v) is 2.84. The first kappa shape index (κ1) is 16.3. The molecule has 1 heterocycles. The van der Waals surface area contributed by atoms with E-state index in [1.807, 2.05) is 4.90 Å². The van der Waals surface area contributed by atoms with E-state index in [4.69, 9.17) is 5.11 Å². The first-order valence-corrected chi connectivity index (χ1v) is 7.88. The zero-order valence-corrected chi connectivity index (χ0v) is 13.2. The van der Waals surface area contributed by atoms with Gasteiger partial charge in [0.2, 0.25) is 0 Å². The van der Waals surface area contributed by atoms with Crippen LogP contribution in [0.5, 0.6) is 0 Å². The van der Waals surface area contributed by atoms with Crippen molar-refractivity contribution in [1.82, 2.24) is 10.2 Å². The molecule has 1 aliphatic rings. The van der Waals surface area contributed by atoms with Gasteiger partial charge in [0.25, 0.3) is 0 Å². The first-order valence-electron chi connectivity index (χ1n) is 7.88. The molecule has 1 aliphatic heterocycles. The number of urea groups is 1. The molecule has 0 radical (unpaired) electrons. The van der Waals surface area contributed by atoms with Gasteiger partial charge in [-0.2, -0.15) is 0 Å². The number of carbonyl (C=O) groups excluding carboxylic acids is 1. The summed E-state index contributed by atoms with van der Waals surface area (Å²) in [5.74, 6) is -0.347. The van der Waals surface area contributed by atoms with Crippen LogP contribution in [0.4, 0.5) is 4.79 Å². The fourth-order valence-electron chi connectivity index (χ4n) is 2.84. The molecule has 2 rings (SSSR count). The maximum Gasteiger partial charge on any atom is 0.335 e. The van der Waals surface area contributed by atoms with E-state index in [1.165, 1.54) is 6.42 Å². The van der Waals surface area contributed by atoms with Crippen molar-refractivity contribution in [2.45, 2.75) is 45.7 Å². The Kier molecular flexibility index (Phi) is 5.41. The van der Waals surface area contributed by atoms with Crippen LogP contribution in [0, 0.1) is 5.92 Å². The number of hydrogen-bond acceptors (Lipinski definition) is 2. The van der Waals surface area contributed by atoms with E-state index in [1.54, 1.807) is 24.3 Å². The summed E-state index contributed by atoms with van der Waals surface area (Å²) >= 11 is 0. The third-order valence-electron chi connectivity index (χ3n) is 4.46. The average molecular weight is 304 g/mol. The predicted octanol–water partition coefficient (Wildman–Crippen LogP) is 3.10. The highest BCUT2D eigenvalue weighted by Crippen LogP contribution is 2.23. The quantitative estimate of drug-likeness (QED) is 0.898. The van der Waals surface area contributed by atoms with Gasteiger partial charge in [-0.25, -0.2) is 9.59 Å². The monoisotopic (exact) mass is 304 g/mol. The number of rotatable bonds is 4. The van der Waals surface area contributed by atoms with Crippen LogP contribution >= 0.6 is 0 Å². The molecule has 1 fully saturated rings. The van der Waals surface area contributed by atoms with Crippen LogP contribution in [-0.4, -0.2) is 34.6 Å². The molecule has 0 bridgehead atoms. The molecule has 1 aromatic carbocycles. The van der Waals surface area contributed by atoms with Crippen LogP contribution in [0.25, 0.3) is 0 Å². The highest BCUT2D eigenvalue weighted by atomic mass is 16.4. The minimum Gasteiger partial charge on any atom is -0.478 e. The zero-order valence-electron chi connectivity index (χ0n) is 13.2. The molecule has 1 saturated heterocycles. The van der Waals surface area contributed by atoms with E-state index in [-0.39, 0.29) is 17.6 Å². The third kappa shape index (κ3) is 4.00. The molecule has 22 heavy (non-hydrogen) atoms. The molecule has 5 heteroatoms. The highest BCUT2D eigenvalue weighted by Gasteiger charge is 2.27. The lowest BCUT2D eigenvalue weighted by Gasteiger charge is -2.37. The molecule has 2 atom stereocenters. The number of carbonyl (C=O) groups is 2. The topological polar surface area (TPSA) is 69.6 Å². The summed E-state index contributed by atoms with van der Waals surface area (Å²) in [7, 11) is 0. The van der Waals surface area contributed by atoms with Crippen molar-refractivity contribution in [3.05, 3.63) is 35.4 Å². The molecule has 2 amide bonds. The molecule has 0 unspecified atom stereocenters. The molecular weight excluding hydrogens is 280 g/mol. The number of nitrogens with one attached hydrogen (secondary N) is 1. The van der Waals surface area contributed by atoms with Crippen LogP contribution < -0.4 is 5.32 Å². The predicted molar refractivity (Wildman–Crippen MR) is 84.8 cm³/mol. The maximum absolute atomic E-state index is 12.3. The summed E-state index contributed by atoms with van der Waals surface area (Å²) < 4.78 is 0. The van der Waals surface area contributed by atoms with E-state index in [0.717, 1.165) is 24.9 Å². The van der Waals surface area contributed by atoms with Gasteiger partial charge in [0.15, 0.2) is 0 Å². The zero-order chi connectivity index (χ0) is 16.1. The summed E-state index contributed by atoms with van der Waals surface area (Å²) in [6, 6.07) is 6.82. The van der Waals surface area contributed by atoms with Gasteiger partial charge in [-0.15, -0.1) is 0 Å². The molecule has 2 N–H and O–H groups in total. The number of nitrogens with zero attached hydrogens (tertiary/aromatic N) is 1. The summed E-state index contributed by atoms with van der Waals surface area (Å²) in [5.41, 5.74) is 1.15. The van der Waals surface area contributed by atoms with Crippen LogP contribution in [-0.2, 0) is 6.54 Å². The van der Waals surface area contributed by atoms with E-state index >= 15 is 0 Å². The van der Waals surface area contributed by atoms with Crippen molar-refractivity contribution < 1.29 is 14.7 Å². The Hall–Kier alpha value is -2.04. The van der Waals surface area contributed by atoms with Gasteiger partial charge in [-0.1, -0.05) is 25.5 Å². The second-order valence-electron chi connectivity index (χ2n) is 6.01. The number of likely N-dealkylation sites (tertiary alicyclic amines) is 1. The molecule has 0 aromatic heterocycles. The number of carboxylic acid groups (broad SMARTS) is 1. The molecule has 5 nitrogen and oxygen atoms in total. The molecule has 0 spiro atoms. The molecular formula is C17H24N2O3. The lowest BCUT2D eigenvalue weighted by molar-refractivity contribution is 0.0696. The molecule has 120 valence electrons. The number of amides is 2. The summed E-state index contributed by atoms with van der Waals surface area (Å²) in [5, 5.41) is 11.8. The lowest BCUT2D eigenvalue weighted by atomic mass is 9.92. The molecule has 1 aromatic rings. The SMILES string of the molecule is CC[C@@H]1CC[C@H](C)N(C(=O)NCc2ccc(C(=O)O)cc2)C1. The average Bonchev–Trinajstić information content (AvgIpc) is 2.53. The standard InChI is InChI=1S/C17H24N2O3/c1-3-13-5-4-12(2)19(11-13)17(22)18-10-14-6-8-15(9-7-14)16(20)21/h6-9,12-13H,3-5,10-11H2,1-2H3,(H,18,22)(H,20,21)/t12-,13+/m0/s1. The van der Waals surface area contributed by atoms with Gasteiger partial charge in [0.05, 0.1) is 5.56 Å². The number of aromatic carboxylic acids is 1. The van der Waals surface area contributed by atoms with Crippen LogP contribution in [0.2, 0.25) is 0 Å². The smallest absolute Gasteiger partial charge is 0.335 e. The van der Waals surface area contributed by atoms with Crippen molar-refractivity contribution >= 4 is 12.0 Å². The van der Waals surface area contributed by atoms with Gasteiger partial charge in [0, 0.05) is 19.1 Å². The Labute approximate surface area is 131 Å². The lowest BCUT2D eigenvalue weighted by Crippen LogP contribution is -2.49. The van der Waals surface area contributed by atoms with Crippen molar-refractivity contribution in [2.75, 3.05) is 6.54 Å². The van der Waals surface area contributed by atoms with Gasteiger partial charge in [-0.05, 0) is 43.4 Å². The summed E-state index contributed by atoms with van der Waals surface area (Å²) in [6.07, 6.45) is 3.35. The van der Waals surface area contributed by atoms with Crippen molar-refractivity contribution in [1.29, 1.82) is 0 Å². The minimum absolute atomic E-state index is 0.0343. The van der Waals surface area contributed by atoms with Gasteiger partial charge in [-0.3, -0.25) is 0 Å². The van der Waals surface area contributed by atoms with E-state index < -0.39 is 5.97 Å². The van der Waals surface area contributed by atoms with Crippen molar-refractivity contribution in [2.24, 2.45) is 5.92 Å². The van der Waals surface area contributed by atoms with Crippen molar-refractivity contribution in [3.63, 3.8) is 0 Å². The number of hydrogen-bond donors (Lipinski definition) is 2. The first-order chi connectivity index (χ1) is 10.5.